The average Bonchev–Trinajstić information content (AvgIpc) is 2.49. The second kappa shape index (κ2) is 2.92. The van der Waals surface area contributed by atoms with Crippen LogP contribution < -0.4 is 0 Å². The predicted molar refractivity (Wildman–Crippen MR) is 47.8 cm³/mol. The standard InChI is InChI=1S/C10H16O2/c1-4-5-6-7-8(9(11)12)10(7,2)3/h5-8H,4H2,1-3H3,(H,11,12)/b6-5+/t7-,8+/m1/s1. The summed E-state index contributed by atoms with van der Waals surface area (Å²) in [4.78, 5) is 10.7. The van der Waals surface area contributed by atoms with Gasteiger partial charge in [-0.15, -0.1) is 0 Å². The summed E-state index contributed by atoms with van der Waals surface area (Å²) in [7, 11) is 0. The summed E-state index contributed by atoms with van der Waals surface area (Å²) in [5.74, 6) is -0.582. The lowest BCUT2D eigenvalue weighted by molar-refractivity contribution is -0.139. The lowest BCUT2D eigenvalue weighted by atomic mass is 10.1. The zero-order valence-electron chi connectivity index (χ0n) is 7.87. The normalized spacial score (nSPS) is 32.2. The Morgan fingerprint density at radius 2 is 2.17 bits per heavy atom. The molecule has 0 spiro atoms. The van der Waals surface area contributed by atoms with Crippen molar-refractivity contribution in [2.45, 2.75) is 27.2 Å². The number of hydrogen-bond donors (Lipinski definition) is 1. The second-order valence-corrected chi connectivity index (χ2v) is 4.00. The smallest absolute Gasteiger partial charge is 0.307 e. The van der Waals surface area contributed by atoms with Crippen molar-refractivity contribution in [1.82, 2.24) is 0 Å². The molecule has 2 atom stereocenters. The van der Waals surface area contributed by atoms with Crippen LogP contribution in [0.3, 0.4) is 0 Å². The van der Waals surface area contributed by atoms with E-state index in [0.29, 0.717) is 0 Å². The van der Waals surface area contributed by atoms with Crippen molar-refractivity contribution >= 4 is 5.97 Å². The molecule has 1 N–H and O–H groups in total. The highest BCUT2D eigenvalue weighted by molar-refractivity contribution is 5.76. The van der Waals surface area contributed by atoms with Crippen LogP contribution in [0.25, 0.3) is 0 Å². The monoisotopic (exact) mass is 168 g/mol. The maximum absolute atomic E-state index is 10.7. The Bertz CT molecular complexity index is 216. The summed E-state index contributed by atoms with van der Waals surface area (Å²) in [6.45, 7) is 6.08. The number of aliphatic carboxylic acids is 1. The minimum Gasteiger partial charge on any atom is -0.481 e. The van der Waals surface area contributed by atoms with Crippen LogP contribution in [-0.2, 0) is 4.79 Å². The molecule has 1 aliphatic rings. The van der Waals surface area contributed by atoms with E-state index >= 15 is 0 Å². The molecular formula is C10H16O2. The highest BCUT2D eigenvalue weighted by atomic mass is 16.4. The van der Waals surface area contributed by atoms with Crippen LogP contribution in [0, 0.1) is 17.3 Å². The summed E-state index contributed by atoms with van der Waals surface area (Å²) in [6, 6.07) is 0. The summed E-state index contributed by atoms with van der Waals surface area (Å²) in [5.41, 5.74) is -0.0303. The molecule has 0 aromatic rings. The molecule has 0 aromatic heterocycles. The third kappa shape index (κ3) is 1.38. The van der Waals surface area contributed by atoms with E-state index in [1.807, 2.05) is 19.9 Å². The van der Waals surface area contributed by atoms with Crippen molar-refractivity contribution in [1.29, 1.82) is 0 Å². The summed E-state index contributed by atoms with van der Waals surface area (Å²) in [6.07, 6.45) is 5.08. The largest absolute Gasteiger partial charge is 0.481 e. The van der Waals surface area contributed by atoms with Gasteiger partial charge in [-0.1, -0.05) is 32.9 Å². The average molecular weight is 168 g/mol. The third-order valence-electron chi connectivity index (χ3n) is 2.76. The van der Waals surface area contributed by atoms with Crippen LogP contribution in [0.15, 0.2) is 12.2 Å². The number of allylic oxidation sites excluding steroid dienone is 2. The number of carboxylic acids is 1. The van der Waals surface area contributed by atoms with E-state index < -0.39 is 5.97 Å². The van der Waals surface area contributed by atoms with Gasteiger partial charge in [-0.2, -0.15) is 0 Å². The molecule has 68 valence electrons. The first-order valence-corrected chi connectivity index (χ1v) is 4.41. The zero-order valence-corrected chi connectivity index (χ0v) is 7.87. The van der Waals surface area contributed by atoms with Crippen molar-refractivity contribution in [2.75, 3.05) is 0 Å². The molecule has 12 heavy (non-hydrogen) atoms. The van der Waals surface area contributed by atoms with E-state index in [1.54, 1.807) is 0 Å². The van der Waals surface area contributed by atoms with E-state index in [4.69, 9.17) is 5.11 Å². The molecule has 0 amide bonds. The highest BCUT2D eigenvalue weighted by Gasteiger charge is 2.60. The SMILES string of the molecule is CC/C=C/[C@@H]1[C@@H](C(=O)O)C1(C)C. The van der Waals surface area contributed by atoms with Gasteiger partial charge in [-0.25, -0.2) is 0 Å². The number of hydrogen-bond acceptors (Lipinski definition) is 1. The Hall–Kier alpha value is -0.790. The molecule has 0 aromatic carbocycles. The summed E-state index contributed by atoms with van der Waals surface area (Å²) in [5, 5.41) is 8.82. The molecule has 2 nitrogen and oxygen atoms in total. The van der Waals surface area contributed by atoms with Crippen LogP contribution in [0.2, 0.25) is 0 Å². The fourth-order valence-electron chi connectivity index (χ4n) is 1.79. The minimum atomic E-state index is -0.661. The number of carbonyl (C=O) groups is 1. The van der Waals surface area contributed by atoms with Crippen molar-refractivity contribution in [3.63, 3.8) is 0 Å². The molecule has 0 unspecified atom stereocenters. The molecule has 2 heteroatoms. The van der Waals surface area contributed by atoms with Crippen LogP contribution in [0.1, 0.15) is 27.2 Å². The first kappa shape index (κ1) is 9.30. The lowest BCUT2D eigenvalue weighted by Gasteiger charge is -1.95. The molecule has 0 heterocycles. The first-order valence-electron chi connectivity index (χ1n) is 4.41. The van der Waals surface area contributed by atoms with E-state index in [9.17, 15) is 4.79 Å². The Kier molecular flexibility index (Phi) is 2.27. The molecular weight excluding hydrogens is 152 g/mol. The van der Waals surface area contributed by atoms with E-state index in [-0.39, 0.29) is 17.3 Å². The maximum atomic E-state index is 10.7. The van der Waals surface area contributed by atoms with Gasteiger partial charge in [0.2, 0.25) is 0 Å². The van der Waals surface area contributed by atoms with Gasteiger partial charge in [-0.05, 0) is 17.8 Å². The lowest BCUT2D eigenvalue weighted by Crippen LogP contribution is -2.02. The molecule has 0 bridgehead atoms. The van der Waals surface area contributed by atoms with Gasteiger partial charge in [0.25, 0.3) is 0 Å². The van der Waals surface area contributed by atoms with Gasteiger partial charge in [0.1, 0.15) is 0 Å². The van der Waals surface area contributed by atoms with E-state index in [1.165, 1.54) is 0 Å². The predicted octanol–water partition coefficient (Wildman–Crippen LogP) is 2.31. The van der Waals surface area contributed by atoms with Crippen LogP contribution >= 0.6 is 0 Å². The number of rotatable bonds is 3. The summed E-state index contributed by atoms with van der Waals surface area (Å²) >= 11 is 0. The topological polar surface area (TPSA) is 37.3 Å². The van der Waals surface area contributed by atoms with Crippen LogP contribution in [0.5, 0.6) is 0 Å². The molecule has 0 saturated heterocycles. The Morgan fingerprint density at radius 3 is 2.50 bits per heavy atom. The molecule has 1 rings (SSSR count). The van der Waals surface area contributed by atoms with Crippen molar-refractivity contribution < 1.29 is 9.90 Å². The van der Waals surface area contributed by atoms with Gasteiger partial charge >= 0.3 is 5.97 Å². The molecule has 0 radical (unpaired) electrons. The minimum absolute atomic E-state index is 0.0303. The first-order chi connectivity index (χ1) is 5.51. The molecule has 1 aliphatic carbocycles. The maximum Gasteiger partial charge on any atom is 0.307 e. The van der Waals surface area contributed by atoms with Crippen molar-refractivity contribution in [3.05, 3.63) is 12.2 Å². The van der Waals surface area contributed by atoms with E-state index in [2.05, 4.69) is 13.0 Å². The quantitative estimate of drug-likeness (QED) is 0.656. The van der Waals surface area contributed by atoms with Crippen molar-refractivity contribution in [2.24, 2.45) is 17.3 Å². The zero-order chi connectivity index (χ0) is 9.35. The summed E-state index contributed by atoms with van der Waals surface area (Å²) < 4.78 is 0. The molecule has 1 fully saturated rings. The van der Waals surface area contributed by atoms with Crippen LogP contribution in [-0.4, -0.2) is 11.1 Å². The van der Waals surface area contributed by atoms with Gasteiger partial charge < -0.3 is 5.11 Å². The van der Waals surface area contributed by atoms with Crippen LogP contribution in [0.4, 0.5) is 0 Å². The molecule has 1 saturated carbocycles. The van der Waals surface area contributed by atoms with Gasteiger partial charge in [0.05, 0.1) is 5.92 Å². The van der Waals surface area contributed by atoms with Gasteiger partial charge in [0.15, 0.2) is 0 Å². The Balaban J connectivity index is 2.60. The second-order valence-electron chi connectivity index (χ2n) is 4.00. The highest BCUT2D eigenvalue weighted by Crippen LogP contribution is 2.59. The van der Waals surface area contributed by atoms with Gasteiger partial charge in [-0.3, -0.25) is 4.79 Å². The number of carboxylic acid groups (broad SMARTS) is 1. The Labute approximate surface area is 73.3 Å². The van der Waals surface area contributed by atoms with Gasteiger partial charge in [0, 0.05) is 0 Å². The fraction of sp³-hybridized carbons (Fsp3) is 0.700. The Morgan fingerprint density at radius 1 is 1.58 bits per heavy atom. The van der Waals surface area contributed by atoms with E-state index in [0.717, 1.165) is 6.42 Å². The molecule has 0 aliphatic heterocycles. The fourth-order valence-corrected chi connectivity index (χ4v) is 1.79. The third-order valence-corrected chi connectivity index (χ3v) is 2.76. The van der Waals surface area contributed by atoms with Crippen molar-refractivity contribution in [3.8, 4) is 0 Å².